The van der Waals surface area contributed by atoms with Crippen LogP contribution in [-0.4, -0.2) is 43.6 Å². The first kappa shape index (κ1) is 17.6. The summed E-state index contributed by atoms with van der Waals surface area (Å²) in [7, 11) is 0. The van der Waals surface area contributed by atoms with E-state index in [0.29, 0.717) is 13.1 Å². The summed E-state index contributed by atoms with van der Waals surface area (Å²) in [6.45, 7) is 7.10. The van der Waals surface area contributed by atoms with E-state index in [2.05, 4.69) is 11.0 Å². The number of carbonyl (C=O) groups is 1. The lowest BCUT2D eigenvalue weighted by molar-refractivity contribution is -0.133. The molecule has 2 aromatic carbocycles. The number of ether oxygens (including phenoxy) is 1. The Balaban J connectivity index is 1.50. The minimum absolute atomic E-state index is 0.0298. The molecule has 0 radical (unpaired) electrons. The van der Waals surface area contributed by atoms with Crippen molar-refractivity contribution in [3.63, 3.8) is 0 Å². The van der Waals surface area contributed by atoms with Gasteiger partial charge in [0.25, 0.3) is 5.91 Å². The highest BCUT2D eigenvalue weighted by Crippen LogP contribution is 2.24. The molecule has 0 aliphatic carbocycles. The molecule has 25 heavy (non-hydrogen) atoms. The van der Waals surface area contributed by atoms with Crippen LogP contribution in [-0.2, 0) is 4.79 Å². The first-order valence-electron chi connectivity index (χ1n) is 8.51. The number of hydrogen-bond acceptors (Lipinski definition) is 3. The van der Waals surface area contributed by atoms with Crippen molar-refractivity contribution in [2.45, 2.75) is 13.8 Å². The third-order valence-corrected chi connectivity index (χ3v) is 4.94. The minimum Gasteiger partial charge on any atom is -0.484 e. The standard InChI is InChI=1S/C20H23ClN2O2/c1-15-3-7-18(8-4-15)25-14-20(24)23-11-9-22(10-12-23)17-6-5-16(2)19(21)13-17/h3-8,13H,9-12,14H2,1-2H3. The van der Waals surface area contributed by atoms with Crippen LogP contribution >= 0.6 is 11.6 Å². The fraction of sp³-hybridized carbons (Fsp3) is 0.350. The van der Waals surface area contributed by atoms with Gasteiger partial charge in [-0.3, -0.25) is 4.79 Å². The van der Waals surface area contributed by atoms with E-state index < -0.39 is 0 Å². The van der Waals surface area contributed by atoms with E-state index in [1.807, 2.05) is 55.1 Å². The molecule has 0 atom stereocenters. The van der Waals surface area contributed by atoms with Crippen molar-refractivity contribution in [1.29, 1.82) is 0 Å². The van der Waals surface area contributed by atoms with Gasteiger partial charge in [0.2, 0.25) is 0 Å². The Hall–Kier alpha value is -2.20. The summed E-state index contributed by atoms with van der Waals surface area (Å²) >= 11 is 6.21. The number of aryl methyl sites for hydroxylation is 2. The lowest BCUT2D eigenvalue weighted by Gasteiger charge is -2.36. The minimum atomic E-state index is 0.0298. The molecule has 1 aliphatic heterocycles. The average Bonchev–Trinajstić information content (AvgIpc) is 2.63. The molecular weight excluding hydrogens is 336 g/mol. The Morgan fingerprint density at radius 3 is 2.36 bits per heavy atom. The van der Waals surface area contributed by atoms with Crippen LogP contribution in [0, 0.1) is 13.8 Å². The van der Waals surface area contributed by atoms with Crippen molar-refractivity contribution in [2.24, 2.45) is 0 Å². The van der Waals surface area contributed by atoms with E-state index in [0.717, 1.165) is 35.1 Å². The molecule has 1 heterocycles. The van der Waals surface area contributed by atoms with Gasteiger partial charge in [0.1, 0.15) is 5.75 Å². The van der Waals surface area contributed by atoms with Gasteiger partial charge in [0.15, 0.2) is 6.61 Å². The summed E-state index contributed by atoms with van der Waals surface area (Å²) in [5.41, 5.74) is 3.36. The Morgan fingerprint density at radius 1 is 1.04 bits per heavy atom. The van der Waals surface area contributed by atoms with E-state index in [-0.39, 0.29) is 12.5 Å². The second-order valence-electron chi connectivity index (χ2n) is 6.40. The number of halogens is 1. The number of anilines is 1. The third-order valence-electron chi connectivity index (χ3n) is 4.54. The molecule has 1 saturated heterocycles. The first-order valence-corrected chi connectivity index (χ1v) is 8.89. The molecule has 0 unspecified atom stereocenters. The molecule has 2 aromatic rings. The smallest absolute Gasteiger partial charge is 0.260 e. The fourth-order valence-corrected chi connectivity index (χ4v) is 3.04. The Bertz CT molecular complexity index is 738. The number of rotatable bonds is 4. The zero-order chi connectivity index (χ0) is 17.8. The van der Waals surface area contributed by atoms with Crippen LogP contribution in [0.4, 0.5) is 5.69 Å². The van der Waals surface area contributed by atoms with Crippen LogP contribution < -0.4 is 9.64 Å². The molecule has 5 heteroatoms. The molecule has 4 nitrogen and oxygen atoms in total. The van der Waals surface area contributed by atoms with Gasteiger partial charge in [-0.2, -0.15) is 0 Å². The highest BCUT2D eigenvalue weighted by atomic mass is 35.5. The van der Waals surface area contributed by atoms with Crippen molar-refractivity contribution in [3.8, 4) is 5.75 Å². The van der Waals surface area contributed by atoms with Crippen LogP contribution in [0.3, 0.4) is 0 Å². The van der Waals surface area contributed by atoms with Crippen molar-refractivity contribution in [1.82, 2.24) is 4.90 Å². The fourth-order valence-electron chi connectivity index (χ4n) is 2.86. The van der Waals surface area contributed by atoms with Crippen molar-refractivity contribution >= 4 is 23.2 Å². The molecule has 0 saturated carbocycles. The molecule has 0 N–H and O–H groups in total. The van der Waals surface area contributed by atoms with Gasteiger partial charge in [-0.25, -0.2) is 0 Å². The summed E-state index contributed by atoms with van der Waals surface area (Å²) in [5.74, 6) is 0.758. The second kappa shape index (κ2) is 7.79. The van der Waals surface area contributed by atoms with Gasteiger partial charge >= 0.3 is 0 Å². The van der Waals surface area contributed by atoms with Crippen molar-refractivity contribution in [2.75, 3.05) is 37.7 Å². The van der Waals surface area contributed by atoms with Gasteiger partial charge in [0.05, 0.1) is 0 Å². The van der Waals surface area contributed by atoms with Gasteiger partial charge in [-0.1, -0.05) is 35.4 Å². The molecule has 3 rings (SSSR count). The predicted molar refractivity (Wildman–Crippen MR) is 102 cm³/mol. The normalized spacial score (nSPS) is 14.5. The number of carbonyl (C=O) groups excluding carboxylic acids is 1. The monoisotopic (exact) mass is 358 g/mol. The quantitative estimate of drug-likeness (QED) is 0.835. The van der Waals surface area contributed by atoms with Crippen LogP contribution in [0.1, 0.15) is 11.1 Å². The van der Waals surface area contributed by atoms with E-state index in [1.54, 1.807) is 0 Å². The lowest BCUT2D eigenvalue weighted by atomic mass is 10.2. The summed E-state index contributed by atoms with van der Waals surface area (Å²) in [4.78, 5) is 16.5. The molecule has 1 aliphatic rings. The molecule has 0 spiro atoms. The van der Waals surface area contributed by atoms with E-state index in [9.17, 15) is 4.79 Å². The van der Waals surface area contributed by atoms with E-state index >= 15 is 0 Å². The molecule has 1 fully saturated rings. The number of amides is 1. The summed E-state index contributed by atoms with van der Waals surface area (Å²) in [5, 5.41) is 0.780. The zero-order valence-electron chi connectivity index (χ0n) is 14.7. The Morgan fingerprint density at radius 2 is 1.72 bits per heavy atom. The van der Waals surface area contributed by atoms with Crippen LogP contribution in [0.15, 0.2) is 42.5 Å². The maximum Gasteiger partial charge on any atom is 0.260 e. The maximum atomic E-state index is 12.3. The van der Waals surface area contributed by atoms with Crippen molar-refractivity contribution in [3.05, 3.63) is 58.6 Å². The van der Waals surface area contributed by atoms with Gasteiger partial charge < -0.3 is 14.5 Å². The van der Waals surface area contributed by atoms with Gasteiger partial charge in [-0.15, -0.1) is 0 Å². The Labute approximate surface area is 154 Å². The van der Waals surface area contributed by atoms with Gasteiger partial charge in [0, 0.05) is 36.9 Å². The van der Waals surface area contributed by atoms with Crippen LogP contribution in [0.2, 0.25) is 5.02 Å². The Kier molecular flexibility index (Phi) is 5.49. The number of nitrogens with zero attached hydrogens (tertiary/aromatic N) is 2. The highest BCUT2D eigenvalue weighted by molar-refractivity contribution is 6.31. The SMILES string of the molecule is Cc1ccc(OCC(=O)N2CCN(c3ccc(C)c(Cl)c3)CC2)cc1. The van der Waals surface area contributed by atoms with Crippen LogP contribution in [0.5, 0.6) is 5.75 Å². The summed E-state index contributed by atoms with van der Waals surface area (Å²) < 4.78 is 5.59. The topological polar surface area (TPSA) is 32.8 Å². The van der Waals surface area contributed by atoms with E-state index in [1.165, 1.54) is 5.56 Å². The highest BCUT2D eigenvalue weighted by Gasteiger charge is 2.21. The predicted octanol–water partition coefficient (Wildman–Crippen LogP) is 3.68. The summed E-state index contributed by atoms with van der Waals surface area (Å²) in [6.07, 6.45) is 0. The molecule has 0 aromatic heterocycles. The van der Waals surface area contributed by atoms with Crippen molar-refractivity contribution < 1.29 is 9.53 Å². The largest absolute Gasteiger partial charge is 0.484 e. The lowest BCUT2D eigenvalue weighted by Crippen LogP contribution is -2.50. The molecule has 1 amide bonds. The maximum absolute atomic E-state index is 12.3. The molecular formula is C20H23ClN2O2. The number of piperazine rings is 1. The second-order valence-corrected chi connectivity index (χ2v) is 6.81. The van der Waals surface area contributed by atoms with Crippen LogP contribution in [0.25, 0.3) is 0 Å². The molecule has 0 bridgehead atoms. The molecule has 132 valence electrons. The number of hydrogen-bond donors (Lipinski definition) is 0. The number of benzene rings is 2. The summed E-state index contributed by atoms with van der Waals surface area (Å²) in [6, 6.07) is 13.8. The zero-order valence-corrected chi connectivity index (χ0v) is 15.4. The average molecular weight is 359 g/mol. The van der Waals surface area contributed by atoms with E-state index in [4.69, 9.17) is 16.3 Å². The van der Waals surface area contributed by atoms with Gasteiger partial charge in [-0.05, 0) is 43.7 Å². The first-order chi connectivity index (χ1) is 12.0. The third kappa shape index (κ3) is 4.45.